The second-order valence-electron chi connectivity index (χ2n) is 5.96. The third-order valence-electron chi connectivity index (χ3n) is 5.13. The molecule has 0 rings (SSSR count). The third-order valence-corrected chi connectivity index (χ3v) is 15.4. The first-order valence-electron chi connectivity index (χ1n) is 9.08. The van der Waals surface area contributed by atoms with E-state index in [4.69, 9.17) is 13.3 Å². The molecule has 22 heavy (non-hydrogen) atoms. The molecule has 0 heterocycles. The fourth-order valence-corrected chi connectivity index (χ4v) is 8.80. The van der Waals surface area contributed by atoms with E-state index in [0.717, 1.165) is 42.3 Å². The molecule has 3 nitrogen and oxygen atoms in total. The average Bonchev–Trinajstić information content (AvgIpc) is 2.57. The molecule has 0 aromatic heterocycles. The summed E-state index contributed by atoms with van der Waals surface area (Å²) in [5.41, 5.74) is 0. The molecule has 0 radical (unpaired) electrons. The Kier molecular flexibility index (Phi) is 11.9. The molecule has 132 valence electrons. The Morgan fingerprint density at radius 3 is 1.45 bits per heavy atom. The second-order valence-corrected chi connectivity index (χ2v) is 16.7. The van der Waals surface area contributed by atoms with Crippen molar-refractivity contribution in [3.63, 3.8) is 0 Å². The van der Waals surface area contributed by atoms with Crippen molar-refractivity contribution in [3.8, 4) is 0 Å². The lowest BCUT2D eigenvalue weighted by Gasteiger charge is -2.38. The Morgan fingerprint density at radius 2 is 1.18 bits per heavy atom. The Bertz CT molecular complexity index is 254. The molecular weight excluding hydrogens is 324 g/mol. The van der Waals surface area contributed by atoms with E-state index in [1.807, 2.05) is 6.08 Å². The van der Waals surface area contributed by atoms with E-state index < -0.39 is 32.9 Å². The largest absolute Gasteiger partial charge is 0.380 e. The van der Waals surface area contributed by atoms with Crippen LogP contribution in [0.1, 0.15) is 41.5 Å². The Labute approximate surface area is 143 Å². The van der Waals surface area contributed by atoms with E-state index in [0.29, 0.717) is 0 Å². The zero-order chi connectivity index (χ0) is 17.1. The summed E-state index contributed by atoms with van der Waals surface area (Å²) in [4.78, 5) is 0. The predicted molar refractivity (Wildman–Crippen MR) is 105 cm³/mol. The van der Waals surface area contributed by atoms with Gasteiger partial charge in [-0.2, -0.15) is 0 Å². The summed E-state index contributed by atoms with van der Waals surface area (Å²) in [5, 5.41) is 0. The van der Waals surface area contributed by atoms with Crippen molar-refractivity contribution in [1.29, 1.82) is 0 Å². The molecule has 0 aliphatic rings. The smallest absolute Gasteiger partial charge is 0.242 e. The van der Waals surface area contributed by atoms with Crippen LogP contribution < -0.4 is 0 Å². The summed E-state index contributed by atoms with van der Waals surface area (Å²) in [6.45, 7) is 16.9. The van der Waals surface area contributed by atoms with Crippen molar-refractivity contribution < 1.29 is 13.3 Å². The lowest BCUT2D eigenvalue weighted by atomic mass is 10.8. The van der Waals surface area contributed by atoms with Gasteiger partial charge in [0.1, 0.15) is 0 Å². The number of hydrogen-bond acceptors (Lipinski definition) is 3. The van der Waals surface area contributed by atoms with Gasteiger partial charge < -0.3 is 13.3 Å². The van der Waals surface area contributed by atoms with Gasteiger partial charge in [-0.3, -0.25) is 0 Å². The van der Waals surface area contributed by atoms with Crippen LogP contribution in [-0.4, -0.2) is 32.9 Å². The fourth-order valence-electron chi connectivity index (χ4n) is 2.75. The molecule has 0 amide bonds. The van der Waals surface area contributed by atoms with Gasteiger partial charge in [0.15, 0.2) is 26.4 Å². The number of rotatable bonds is 14. The molecule has 6 heteroatoms. The molecule has 0 atom stereocenters. The Morgan fingerprint density at radius 1 is 0.818 bits per heavy atom. The van der Waals surface area contributed by atoms with Crippen LogP contribution in [0.3, 0.4) is 0 Å². The maximum Gasteiger partial charge on any atom is 0.242 e. The van der Waals surface area contributed by atoms with Crippen LogP contribution in [0.15, 0.2) is 12.7 Å². The maximum absolute atomic E-state index is 6.52. The highest BCUT2D eigenvalue weighted by Crippen LogP contribution is 2.29. The summed E-state index contributed by atoms with van der Waals surface area (Å²) in [5.74, 6) is 0. The summed E-state index contributed by atoms with van der Waals surface area (Å²) < 4.78 is 19.1. The Hall–Kier alpha value is 0.271. The Balaban J connectivity index is 5.05. The summed E-state index contributed by atoms with van der Waals surface area (Å²) >= 11 is 0. The van der Waals surface area contributed by atoms with Crippen molar-refractivity contribution in [2.75, 3.05) is 0 Å². The monoisotopic (exact) mass is 362 g/mol. The third kappa shape index (κ3) is 6.80. The van der Waals surface area contributed by atoms with Crippen LogP contribution in [0.5, 0.6) is 0 Å². The highest BCUT2D eigenvalue weighted by atomic mass is 28.4. The van der Waals surface area contributed by atoms with Gasteiger partial charge in [0, 0.05) is 0 Å². The lowest BCUT2D eigenvalue weighted by molar-refractivity contribution is -0.155. The highest BCUT2D eigenvalue weighted by Gasteiger charge is 2.37. The summed E-state index contributed by atoms with van der Waals surface area (Å²) in [7, 11) is -4.06. The molecule has 0 saturated carbocycles. The highest BCUT2D eigenvalue weighted by molar-refractivity contribution is 6.74. The van der Waals surface area contributed by atoms with Gasteiger partial charge in [0.2, 0.25) is 6.48 Å². The first kappa shape index (κ1) is 22.3. The molecule has 0 aliphatic heterocycles. The second kappa shape index (κ2) is 11.8. The minimum atomic E-state index is -1.71. The van der Waals surface area contributed by atoms with Gasteiger partial charge in [0.05, 0.1) is 0 Å². The van der Waals surface area contributed by atoms with E-state index in [9.17, 15) is 0 Å². The maximum atomic E-state index is 6.52. The molecule has 0 bridgehead atoms. The molecule has 0 aromatic carbocycles. The van der Waals surface area contributed by atoms with Gasteiger partial charge in [-0.05, 0) is 42.3 Å². The topological polar surface area (TPSA) is 27.7 Å². The first-order chi connectivity index (χ1) is 10.5. The van der Waals surface area contributed by atoms with Gasteiger partial charge in [-0.25, -0.2) is 0 Å². The molecular formula is C16H38O3Si3. The molecule has 0 unspecified atom stereocenters. The van der Waals surface area contributed by atoms with Crippen LogP contribution in [-0.2, 0) is 13.3 Å². The van der Waals surface area contributed by atoms with Crippen LogP contribution in [0, 0.1) is 0 Å². The molecule has 0 fully saturated rings. The van der Waals surface area contributed by atoms with E-state index in [2.05, 4.69) is 48.1 Å². The van der Waals surface area contributed by atoms with Crippen molar-refractivity contribution in [3.05, 3.63) is 12.7 Å². The van der Waals surface area contributed by atoms with Gasteiger partial charge in [-0.15, -0.1) is 6.58 Å². The van der Waals surface area contributed by atoms with Crippen LogP contribution in [0.2, 0.25) is 42.3 Å². The number of hydrogen-bond donors (Lipinski definition) is 0. The summed E-state index contributed by atoms with van der Waals surface area (Å²) in [6, 6.07) is 7.75. The zero-order valence-corrected chi connectivity index (χ0v) is 19.2. The van der Waals surface area contributed by atoms with E-state index in [-0.39, 0.29) is 0 Å². The first-order valence-corrected chi connectivity index (χ1v) is 15.7. The lowest BCUT2D eigenvalue weighted by Crippen LogP contribution is -2.48. The quantitative estimate of drug-likeness (QED) is 0.188. The molecule has 0 aromatic rings. The predicted octanol–water partition coefficient (Wildman–Crippen LogP) is 5.02. The zero-order valence-electron chi connectivity index (χ0n) is 15.7. The van der Waals surface area contributed by atoms with Gasteiger partial charge in [-0.1, -0.05) is 47.6 Å². The normalized spacial score (nSPS) is 13.4. The molecule has 0 aliphatic carbocycles. The number of allylic oxidation sites excluding steroid dienone is 1. The van der Waals surface area contributed by atoms with Crippen LogP contribution >= 0.6 is 0 Å². The van der Waals surface area contributed by atoms with Crippen molar-refractivity contribution >= 4 is 26.4 Å². The van der Waals surface area contributed by atoms with E-state index in [1.165, 1.54) is 0 Å². The minimum absolute atomic E-state index is 0.412. The van der Waals surface area contributed by atoms with Gasteiger partial charge in [0.25, 0.3) is 0 Å². The fraction of sp³-hybridized carbons (Fsp3) is 0.875. The van der Waals surface area contributed by atoms with Gasteiger partial charge >= 0.3 is 0 Å². The van der Waals surface area contributed by atoms with Crippen molar-refractivity contribution in [2.24, 2.45) is 0 Å². The van der Waals surface area contributed by atoms with E-state index >= 15 is 0 Å². The van der Waals surface area contributed by atoms with E-state index in [1.54, 1.807) is 0 Å². The SMILES string of the molecule is C=CC[SiH2]OC(O[Si](CC)(CC)CC)O[Si](CC)(CC)CC. The van der Waals surface area contributed by atoms with Crippen LogP contribution in [0.4, 0.5) is 0 Å². The minimum Gasteiger partial charge on any atom is -0.380 e. The standard InChI is InChI=1S/C16H38O3Si3/c1-8-15-20-17-16(18-21(9-2,10-3)11-4)19-22(12-5,13-6)14-7/h8,16H,1,9-15,20H2,2-7H3. The van der Waals surface area contributed by atoms with Crippen LogP contribution in [0.25, 0.3) is 0 Å². The molecule has 0 spiro atoms. The summed E-state index contributed by atoms with van der Waals surface area (Å²) in [6.07, 6.45) is 1.94. The van der Waals surface area contributed by atoms with Crippen molar-refractivity contribution in [1.82, 2.24) is 0 Å². The molecule has 0 saturated heterocycles. The molecule has 0 N–H and O–H groups in total. The van der Waals surface area contributed by atoms with Crippen molar-refractivity contribution in [2.45, 2.75) is 90.3 Å². The average molecular weight is 363 g/mol.